The molecule has 0 unspecified atom stereocenters. The molecule has 0 saturated carbocycles. The van der Waals surface area contributed by atoms with Crippen LogP contribution >= 0.6 is 0 Å². The molecule has 1 rings (SSSR count). The van der Waals surface area contributed by atoms with E-state index in [0.717, 1.165) is 12.0 Å². The predicted molar refractivity (Wildman–Crippen MR) is 56.4 cm³/mol. The Balaban J connectivity index is 2.48. The molecule has 0 saturated heterocycles. The number of benzene rings is 1. The van der Waals surface area contributed by atoms with Crippen LogP contribution in [0.4, 0.5) is 18.9 Å². The van der Waals surface area contributed by atoms with Crippen LogP contribution in [0.5, 0.6) is 0 Å². The molecular weight excluding hydrogens is 219 g/mol. The number of anilines is 1. The first-order valence-corrected chi connectivity index (χ1v) is 5.01. The van der Waals surface area contributed by atoms with E-state index in [1.807, 2.05) is 19.1 Å². The van der Waals surface area contributed by atoms with Crippen LogP contribution in [0.25, 0.3) is 0 Å². The fourth-order valence-electron chi connectivity index (χ4n) is 1.19. The van der Waals surface area contributed by atoms with Crippen molar-refractivity contribution in [1.29, 1.82) is 0 Å². The van der Waals surface area contributed by atoms with E-state index in [1.54, 1.807) is 12.1 Å². The third-order valence-electron chi connectivity index (χ3n) is 2.24. The maximum absolute atomic E-state index is 12.0. The Bertz CT molecular complexity index is 321. The first-order chi connectivity index (χ1) is 7.43. The first-order valence-electron chi connectivity index (χ1n) is 5.01. The predicted octanol–water partition coefficient (Wildman–Crippen LogP) is 2.58. The van der Waals surface area contributed by atoms with Crippen molar-refractivity contribution in [3.05, 3.63) is 29.8 Å². The number of hydrogen-bond donors (Lipinski definition) is 2. The summed E-state index contributed by atoms with van der Waals surface area (Å²) in [5, 5.41) is 11.3. The van der Waals surface area contributed by atoms with Crippen LogP contribution in [0, 0.1) is 0 Å². The van der Waals surface area contributed by atoms with Crippen molar-refractivity contribution < 1.29 is 18.3 Å². The van der Waals surface area contributed by atoms with Crippen LogP contribution in [-0.4, -0.2) is 23.9 Å². The van der Waals surface area contributed by atoms with Crippen molar-refractivity contribution >= 4 is 5.69 Å². The van der Waals surface area contributed by atoms with Gasteiger partial charge in [-0.15, -0.1) is 0 Å². The van der Waals surface area contributed by atoms with Gasteiger partial charge in [0, 0.05) is 12.2 Å². The highest BCUT2D eigenvalue weighted by molar-refractivity contribution is 5.44. The lowest BCUT2D eigenvalue weighted by molar-refractivity contribution is -0.198. The van der Waals surface area contributed by atoms with Gasteiger partial charge in [-0.3, -0.25) is 0 Å². The van der Waals surface area contributed by atoms with Crippen LogP contribution in [0.15, 0.2) is 24.3 Å². The van der Waals surface area contributed by atoms with Crippen LogP contribution in [-0.2, 0) is 6.42 Å². The average Bonchev–Trinajstić information content (AvgIpc) is 2.25. The Labute approximate surface area is 92.1 Å². The molecule has 1 aromatic carbocycles. The standard InChI is InChI=1S/C11H14F3NO/c1-2-8-3-5-9(6-4-8)15-7-10(16)11(12,13)14/h3-6,10,15-16H,2,7H2,1H3/t10-/m1/s1. The normalized spacial score (nSPS) is 13.6. The molecule has 90 valence electrons. The lowest BCUT2D eigenvalue weighted by atomic mass is 10.1. The molecule has 1 aromatic rings. The van der Waals surface area contributed by atoms with Gasteiger partial charge in [-0.05, 0) is 24.1 Å². The third kappa shape index (κ3) is 3.73. The Morgan fingerprint density at radius 3 is 2.25 bits per heavy atom. The molecule has 0 aliphatic rings. The van der Waals surface area contributed by atoms with E-state index in [0.29, 0.717) is 5.69 Å². The summed E-state index contributed by atoms with van der Waals surface area (Å²) in [6, 6.07) is 7.06. The molecule has 1 atom stereocenters. The van der Waals surface area contributed by atoms with Crippen molar-refractivity contribution in [3.63, 3.8) is 0 Å². The topological polar surface area (TPSA) is 32.3 Å². The summed E-state index contributed by atoms with van der Waals surface area (Å²) in [6.07, 6.45) is -6.03. The number of hydrogen-bond acceptors (Lipinski definition) is 2. The summed E-state index contributed by atoms with van der Waals surface area (Å²) in [7, 11) is 0. The minimum Gasteiger partial charge on any atom is -0.382 e. The van der Waals surface area contributed by atoms with Crippen LogP contribution in [0.2, 0.25) is 0 Å². The van der Waals surface area contributed by atoms with E-state index < -0.39 is 18.8 Å². The Morgan fingerprint density at radius 2 is 1.81 bits per heavy atom. The van der Waals surface area contributed by atoms with Gasteiger partial charge < -0.3 is 10.4 Å². The van der Waals surface area contributed by atoms with Crippen LogP contribution < -0.4 is 5.32 Å². The summed E-state index contributed by atoms with van der Waals surface area (Å²) < 4.78 is 35.9. The van der Waals surface area contributed by atoms with Gasteiger partial charge in [0.25, 0.3) is 0 Å². The van der Waals surface area contributed by atoms with Gasteiger partial charge in [0.15, 0.2) is 6.10 Å². The van der Waals surface area contributed by atoms with E-state index in [1.165, 1.54) is 0 Å². The van der Waals surface area contributed by atoms with Crippen molar-refractivity contribution in [3.8, 4) is 0 Å². The lowest BCUT2D eigenvalue weighted by Crippen LogP contribution is -2.34. The number of nitrogens with one attached hydrogen (secondary N) is 1. The smallest absolute Gasteiger partial charge is 0.382 e. The van der Waals surface area contributed by atoms with Gasteiger partial charge >= 0.3 is 6.18 Å². The molecule has 0 aliphatic heterocycles. The number of aryl methyl sites for hydroxylation is 1. The zero-order valence-corrected chi connectivity index (χ0v) is 8.88. The molecule has 2 nitrogen and oxygen atoms in total. The van der Waals surface area contributed by atoms with Gasteiger partial charge in [0.05, 0.1) is 0 Å². The molecule has 0 radical (unpaired) electrons. The summed E-state index contributed by atoms with van der Waals surface area (Å²) in [5.74, 6) is 0. The Hall–Kier alpha value is -1.23. The van der Waals surface area contributed by atoms with Gasteiger partial charge in [0.1, 0.15) is 0 Å². The summed E-state index contributed by atoms with van der Waals surface area (Å²) >= 11 is 0. The zero-order valence-electron chi connectivity index (χ0n) is 8.88. The fourth-order valence-corrected chi connectivity index (χ4v) is 1.19. The van der Waals surface area contributed by atoms with E-state index >= 15 is 0 Å². The molecule has 2 N–H and O–H groups in total. The molecule has 0 amide bonds. The maximum Gasteiger partial charge on any atom is 0.416 e. The fraction of sp³-hybridized carbons (Fsp3) is 0.455. The van der Waals surface area contributed by atoms with Gasteiger partial charge in [0.2, 0.25) is 0 Å². The van der Waals surface area contributed by atoms with E-state index in [4.69, 9.17) is 5.11 Å². The molecular formula is C11H14F3NO. The monoisotopic (exact) mass is 233 g/mol. The largest absolute Gasteiger partial charge is 0.416 e. The molecule has 0 heterocycles. The molecule has 0 bridgehead atoms. The Morgan fingerprint density at radius 1 is 1.25 bits per heavy atom. The molecule has 0 spiro atoms. The van der Waals surface area contributed by atoms with Crippen molar-refractivity contribution in [1.82, 2.24) is 0 Å². The second kappa shape index (κ2) is 5.21. The number of halogens is 3. The van der Waals surface area contributed by atoms with Gasteiger partial charge in [-0.1, -0.05) is 19.1 Å². The number of alkyl halides is 3. The lowest BCUT2D eigenvalue weighted by Gasteiger charge is -2.15. The first kappa shape index (κ1) is 12.8. The molecule has 0 fully saturated rings. The van der Waals surface area contributed by atoms with Crippen molar-refractivity contribution in [2.24, 2.45) is 0 Å². The number of aliphatic hydroxyl groups is 1. The average molecular weight is 233 g/mol. The highest BCUT2D eigenvalue weighted by Crippen LogP contribution is 2.20. The summed E-state index contributed by atoms with van der Waals surface area (Å²) in [4.78, 5) is 0. The number of aliphatic hydroxyl groups excluding tert-OH is 1. The minimum atomic E-state index is -4.57. The summed E-state index contributed by atoms with van der Waals surface area (Å²) in [6.45, 7) is 1.46. The molecule has 16 heavy (non-hydrogen) atoms. The van der Waals surface area contributed by atoms with Gasteiger partial charge in [-0.2, -0.15) is 13.2 Å². The second-order valence-corrected chi connectivity index (χ2v) is 3.49. The Kier molecular flexibility index (Phi) is 4.18. The maximum atomic E-state index is 12.0. The highest BCUT2D eigenvalue weighted by Gasteiger charge is 2.37. The van der Waals surface area contributed by atoms with E-state index in [9.17, 15) is 13.2 Å². The van der Waals surface area contributed by atoms with E-state index in [2.05, 4.69) is 5.32 Å². The molecule has 0 aromatic heterocycles. The molecule has 0 aliphatic carbocycles. The number of rotatable bonds is 4. The zero-order chi connectivity index (χ0) is 12.2. The van der Waals surface area contributed by atoms with Gasteiger partial charge in [-0.25, -0.2) is 0 Å². The molecule has 5 heteroatoms. The second-order valence-electron chi connectivity index (χ2n) is 3.49. The van der Waals surface area contributed by atoms with Crippen LogP contribution in [0.3, 0.4) is 0 Å². The van der Waals surface area contributed by atoms with Crippen LogP contribution in [0.1, 0.15) is 12.5 Å². The van der Waals surface area contributed by atoms with Crippen molar-refractivity contribution in [2.75, 3.05) is 11.9 Å². The quantitative estimate of drug-likeness (QED) is 0.837. The third-order valence-corrected chi connectivity index (χ3v) is 2.24. The highest BCUT2D eigenvalue weighted by atomic mass is 19.4. The van der Waals surface area contributed by atoms with E-state index in [-0.39, 0.29) is 0 Å². The summed E-state index contributed by atoms with van der Waals surface area (Å²) in [5.41, 5.74) is 1.68. The van der Waals surface area contributed by atoms with Crippen molar-refractivity contribution in [2.45, 2.75) is 25.6 Å². The SMILES string of the molecule is CCc1ccc(NC[C@@H](O)C(F)(F)F)cc1. The minimum absolute atomic E-state index is 0.533.